The van der Waals surface area contributed by atoms with Crippen LogP contribution in [0, 0.1) is 5.41 Å². The van der Waals surface area contributed by atoms with Gasteiger partial charge in [-0.3, -0.25) is 4.79 Å². The minimum atomic E-state index is -0.688. The number of rotatable bonds is 4. The molecule has 1 aromatic rings. The molecule has 98 valence electrons. The molecule has 2 rings (SSSR count). The number of carboxylic acids is 1. The molecule has 1 N–H and O–H groups in total. The lowest BCUT2D eigenvalue weighted by molar-refractivity contribution is -0.147. The Labute approximate surface area is 109 Å². The summed E-state index contributed by atoms with van der Waals surface area (Å²) in [5.74, 6) is -0.139. The van der Waals surface area contributed by atoms with Crippen LogP contribution in [0.3, 0.4) is 0 Å². The molecular formula is C16H22O2. The van der Waals surface area contributed by atoms with Crippen LogP contribution < -0.4 is 0 Å². The van der Waals surface area contributed by atoms with Crippen molar-refractivity contribution in [2.24, 2.45) is 5.41 Å². The first-order chi connectivity index (χ1) is 8.50. The molecule has 0 bridgehead atoms. The van der Waals surface area contributed by atoms with Crippen molar-refractivity contribution in [2.45, 2.75) is 51.9 Å². The molecule has 0 heterocycles. The third kappa shape index (κ3) is 2.74. The molecule has 0 radical (unpaired) electrons. The fourth-order valence-corrected chi connectivity index (χ4v) is 2.80. The zero-order valence-corrected chi connectivity index (χ0v) is 11.3. The van der Waals surface area contributed by atoms with Gasteiger partial charge in [-0.2, -0.15) is 0 Å². The Bertz CT molecular complexity index is 434. The van der Waals surface area contributed by atoms with E-state index >= 15 is 0 Å². The van der Waals surface area contributed by atoms with Crippen molar-refractivity contribution < 1.29 is 9.90 Å². The van der Waals surface area contributed by atoms with Crippen LogP contribution in [0.4, 0.5) is 0 Å². The zero-order valence-electron chi connectivity index (χ0n) is 11.3. The Morgan fingerprint density at radius 1 is 1.39 bits per heavy atom. The minimum absolute atomic E-state index is 0.550. The summed E-state index contributed by atoms with van der Waals surface area (Å²) in [4.78, 5) is 11.1. The Morgan fingerprint density at radius 2 is 2.11 bits per heavy atom. The Balaban J connectivity index is 2.06. The molecular weight excluding hydrogens is 224 g/mol. The third-order valence-corrected chi connectivity index (χ3v) is 4.19. The summed E-state index contributed by atoms with van der Waals surface area (Å²) < 4.78 is 0. The maximum absolute atomic E-state index is 11.1. The van der Waals surface area contributed by atoms with Crippen LogP contribution in [0.15, 0.2) is 24.3 Å². The number of hydrogen-bond donors (Lipinski definition) is 1. The van der Waals surface area contributed by atoms with Crippen molar-refractivity contribution in [3.63, 3.8) is 0 Å². The van der Waals surface area contributed by atoms with Gasteiger partial charge < -0.3 is 5.11 Å². The molecule has 18 heavy (non-hydrogen) atoms. The largest absolute Gasteiger partial charge is 0.481 e. The quantitative estimate of drug-likeness (QED) is 0.872. The molecule has 0 spiro atoms. The monoisotopic (exact) mass is 246 g/mol. The average Bonchev–Trinajstić information content (AvgIpc) is 2.36. The van der Waals surface area contributed by atoms with Crippen molar-refractivity contribution in [1.29, 1.82) is 0 Å². The summed E-state index contributed by atoms with van der Waals surface area (Å²) >= 11 is 0. The van der Waals surface area contributed by atoms with Gasteiger partial charge in [-0.1, -0.05) is 24.3 Å². The first-order valence-electron chi connectivity index (χ1n) is 6.82. The number of carboxylic acid groups (broad SMARTS) is 1. The molecule has 0 aromatic heterocycles. The van der Waals surface area contributed by atoms with Gasteiger partial charge in [-0.05, 0) is 63.0 Å². The molecule has 1 unspecified atom stereocenters. The summed E-state index contributed by atoms with van der Waals surface area (Å²) in [6.07, 6.45) is 5.34. The highest BCUT2D eigenvalue weighted by Crippen LogP contribution is 2.37. The van der Waals surface area contributed by atoms with Gasteiger partial charge in [0.25, 0.3) is 0 Å². The number of benzene rings is 1. The van der Waals surface area contributed by atoms with E-state index in [9.17, 15) is 4.79 Å². The van der Waals surface area contributed by atoms with Crippen molar-refractivity contribution in [3.8, 4) is 0 Å². The molecule has 0 aliphatic heterocycles. The maximum Gasteiger partial charge on any atom is 0.309 e. The lowest BCUT2D eigenvalue weighted by atomic mass is 9.77. The lowest BCUT2D eigenvalue weighted by Gasteiger charge is -2.28. The molecule has 0 saturated heterocycles. The van der Waals surface area contributed by atoms with E-state index in [-0.39, 0.29) is 0 Å². The molecule has 2 heteroatoms. The number of aryl methyl sites for hydroxylation is 1. The number of aliphatic carboxylic acids is 1. The number of fused-ring (bicyclic) bond motifs is 1. The lowest BCUT2D eigenvalue weighted by Crippen LogP contribution is -2.24. The Hall–Kier alpha value is -1.31. The highest BCUT2D eigenvalue weighted by molar-refractivity contribution is 5.73. The van der Waals surface area contributed by atoms with Gasteiger partial charge in [0, 0.05) is 0 Å². The first kappa shape index (κ1) is 13.1. The van der Waals surface area contributed by atoms with Crippen LogP contribution in [0.2, 0.25) is 0 Å². The SMILES string of the molecule is CC(C)(CCC1CCCc2ccccc21)C(=O)O. The number of carbonyl (C=O) groups is 1. The normalized spacial score (nSPS) is 19.3. The van der Waals surface area contributed by atoms with Gasteiger partial charge in [0.1, 0.15) is 0 Å². The highest BCUT2D eigenvalue weighted by Gasteiger charge is 2.29. The van der Waals surface area contributed by atoms with Gasteiger partial charge >= 0.3 is 5.97 Å². The van der Waals surface area contributed by atoms with E-state index < -0.39 is 11.4 Å². The van der Waals surface area contributed by atoms with Crippen LogP contribution in [0.5, 0.6) is 0 Å². The van der Waals surface area contributed by atoms with Crippen LogP contribution in [-0.2, 0) is 11.2 Å². The highest BCUT2D eigenvalue weighted by atomic mass is 16.4. The van der Waals surface area contributed by atoms with E-state index in [4.69, 9.17) is 5.11 Å². The average molecular weight is 246 g/mol. The number of hydrogen-bond acceptors (Lipinski definition) is 1. The minimum Gasteiger partial charge on any atom is -0.481 e. The summed E-state index contributed by atoms with van der Waals surface area (Å²) in [6, 6.07) is 8.62. The van der Waals surface area contributed by atoms with E-state index in [1.807, 2.05) is 13.8 Å². The van der Waals surface area contributed by atoms with Crippen molar-refractivity contribution in [1.82, 2.24) is 0 Å². The van der Waals surface area contributed by atoms with Crippen LogP contribution in [0.1, 0.15) is 56.6 Å². The molecule has 1 aliphatic carbocycles. The second-order valence-electron chi connectivity index (χ2n) is 6.02. The van der Waals surface area contributed by atoms with Gasteiger partial charge in [0.05, 0.1) is 5.41 Å². The van der Waals surface area contributed by atoms with E-state index in [2.05, 4.69) is 24.3 Å². The topological polar surface area (TPSA) is 37.3 Å². The summed E-state index contributed by atoms with van der Waals surface area (Å²) in [7, 11) is 0. The predicted molar refractivity (Wildman–Crippen MR) is 72.8 cm³/mol. The molecule has 1 atom stereocenters. The van der Waals surface area contributed by atoms with Gasteiger partial charge in [-0.15, -0.1) is 0 Å². The fraction of sp³-hybridized carbons (Fsp3) is 0.562. The Morgan fingerprint density at radius 3 is 2.83 bits per heavy atom. The molecule has 0 amide bonds. The molecule has 1 aromatic carbocycles. The fourth-order valence-electron chi connectivity index (χ4n) is 2.80. The Kier molecular flexibility index (Phi) is 3.74. The van der Waals surface area contributed by atoms with E-state index in [0.29, 0.717) is 5.92 Å². The standard InChI is InChI=1S/C16H22O2/c1-16(2,15(17)18)11-10-13-8-5-7-12-6-3-4-9-14(12)13/h3-4,6,9,13H,5,7-8,10-11H2,1-2H3,(H,17,18). The van der Waals surface area contributed by atoms with Gasteiger partial charge in [0.2, 0.25) is 0 Å². The predicted octanol–water partition coefficient (Wildman–Crippen LogP) is 4.00. The smallest absolute Gasteiger partial charge is 0.309 e. The molecule has 0 fully saturated rings. The van der Waals surface area contributed by atoms with Crippen molar-refractivity contribution >= 4 is 5.97 Å². The second-order valence-corrected chi connectivity index (χ2v) is 6.02. The maximum atomic E-state index is 11.1. The first-order valence-corrected chi connectivity index (χ1v) is 6.82. The van der Waals surface area contributed by atoms with Crippen LogP contribution >= 0.6 is 0 Å². The molecule has 0 saturated carbocycles. The molecule has 2 nitrogen and oxygen atoms in total. The van der Waals surface area contributed by atoms with Crippen molar-refractivity contribution in [3.05, 3.63) is 35.4 Å². The van der Waals surface area contributed by atoms with Crippen molar-refractivity contribution in [2.75, 3.05) is 0 Å². The zero-order chi connectivity index (χ0) is 13.2. The van der Waals surface area contributed by atoms with Crippen LogP contribution in [0.25, 0.3) is 0 Å². The van der Waals surface area contributed by atoms with E-state index in [1.165, 1.54) is 30.4 Å². The summed E-state index contributed by atoms with van der Waals surface area (Å²) in [6.45, 7) is 3.65. The van der Waals surface area contributed by atoms with Crippen LogP contribution in [-0.4, -0.2) is 11.1 Å². The summed E-state index contributed by atoms with van der Waals surface area (Å²) in [5.41, 5.74) is 2.30. The van der Waals surface area contributed by atoms with E-state index in [1.54, 1.807) is 0 Å². The second kappa shape index (κ2) is 5.13. The van der Waals surface area contributed by atoms with Gasteiger partial charge in [-0.25, -0.2) is 0 Å². The summed E-state index contributed by atoms with van der Waals surface area (Å²) in [5, 5.41) is 9.17. The van der Waals surface area contributed by atoms with E-state index in [0.717, 1.165) is 12.8 Å². The molecule has 1 aliphatic rings. The third-order valence-electron chi connectivity index (χ3n) is 4.19. The van der Waals surface area contributed by atoms with Gasteiger partial charge in [0.15, 0.2) is 0 Å².